The summed E-state index contributed by atoms with van der Waals surface area (Å²) in [6.07, 6.45) is 20.7. The van der Waals surface area contributed by atoms with Crippen molar-refractivity contribution < 1.29 is 19.7 Å². The first kappa shape index (κ1) is 29.8. The van der Waals surface area contributed by atoms with Gasteiger partial charge < -0.3 is 31.9 Å². The fraction of sp³-hybridized carbons (Fsp3) is 1.00. The Morgan fingerprint density at radius 3 is 1.14 bits per heavy atom. The van der Waals surface area contributed by atoms with Crippen LogP contribution in [0.4, 0.5) is 0 Å². The Hall–Kier alpha value is 0.840. The topological polar surface area (TPSA) is 51.7 Å². The molecular weight excluding hydrogens is 419 g/mol. The molecule has 0 radical (unpaired) electrons. The van der Waals surface area contributed by atoms with E-state index in [9.17, 15) is 0 Å². The highest BCUT2D eigenvalue weighted by Crippen LogP contribution is 2.46. The van der Waals surface area contributed by atoms with E-state index in [0.717, 1.165) is 12.8 Å². The summed E-state index contributed by atoms with van der Waals surface area (Å²) in [6, 6.07) is 0. The first-order valence-electron chi connectivity index (χ1n) is 12.3. The zero-order chi connectivity index (χ0) is 21.5. The lowest BCUT2D eigenvalue weighted by molar-refractivity contribution is -0.627. The van der Waals surface area contributed by atoms with Crippen LogP contribution in [0.1, 0.15) is 103 Å². The van der Waals surface area contributed by atoms with Gasteiger partial charge in [0.05, 0.1) is 46.1 Å². The van der Waals surface area contributed by atoms with Gasteiger partial charge in [-0.1, -0.05) is 76.0 Å². The van der Waals surface area contributed by atoms with Gasteiger partial charge in [0.25, 0.3) is 0 Å². The minimum Gasteiger partial charge on any atom is -0.691 e. The van der Waals surface area contributed by atoms with Gasteiger partial charge in [-0.05, 0) is 38.5 Å². The van der Waals surface area contributed by atoms with Gasteiger partial charge in [-0.3, -0.25) is 0 Å². The van der Waals surface area contributed by atoms with Crippen LogP contribution < -0.4 is 10.6 Å². The van der Waals surface area contributed by atoms with Crippen molar-refractivity contribution >= 4 is 29.7 Å². The molecule has 0 aliphatic heterocycles. The molecular formula is C22H50N2O2PS2+. The second kappa shape index (κ2) is 23.5. The minimum atomic E-state index is -2.44. The standard InChI is InChI=1S/C22H49N2O2PS2/c1-23-19-15-11-7-3-5-9-13-17-21-25-27(28,29)26-22-18-14-10-6-4-8-12-16-20-24-2/h23-24H,3-22H2,1-2H3,(H,28,29)/p+1. The van der Waals surface area contributed by atoms with E-state index in [4.69, 9.17) is 33.1 Å². The molecule has 0 aromatic rings. The second-order valence-corrected chi connectivity index (χ2v) is 13.2. The maximum Gasteiger partial charge on any atom is 0.0753 e. The summed E-state index contributed by atoms with van der Waals surface area (Å²) in [5.74, 6) is 0. The van der Waals surface area contributed by atoms with Gasteiger partial charge in [0, 0.05) is 0 Å². The molecule has 0 aliphatic rings. The predicted octanol–water partition coefficient (Wildman–Crippen LogP) is 4.42. The number of nitrogens with two attached hydrogens (primary N) is 2. The zero-order valence-electron chi connectivity index (χ0n) is 19.4. The number of rotatable bonds is 24. The molecule has 176 valence electrons. The smallest absolute Gasteiger partial charge is 0.0753 e. The Balaban J connectivity index is 3.31. The van der Waals surface area contributed by atoms with Crippen molar-refractivity contribution in [2.75, 3.05) is 40.4 Å². The Morgan fingerprint density at radius 1 is 0.552 bits per heavy atom. The number of hydrogen-bond donors (Lipinski definition) is 2. The summed E-state index contributed by atoms with van der Waals surface area (Å²) in [6.45, 7) is 3.88. The van der Waals surface area contributed by atoms with Crippen molar-refractivity contribution in [3.8, 4) is 0 Å². The summed E-state index contributed by atoms with van der Waals surface area (Å²) >= 11 is 10.7. The quantitative estimate of drug-likeness (QED) is 0.125. The molecule has 0 saturated heterocycles. The average Bonchev–Trinajstić information content (AvgIpc) is 2.70. The monoisotopic (exact) mass is 469 g/mol. The summed E-state index contributed by atoms with van der Waals surface area (Å²) < 4.78 is 11.4. The SMILES string of the molecule is C[NH2+]CCCCCCCCCCOP(=S)([S-])OCCCCCCCCCC[NH2+]C. The van der Waals surface area contributed by atoms with E-state index in [1.807, 2.05) is 0 Å². The van der Waals surface area contributed by atoms with Gasteiger partial charge in [0.1, 0.15) is 0 Å². The molecule has 0 atom stereocenters. The molecule has 0 rings (SSSR count). The molecule has 0 saturated carbocycles. The zero-order valence-corrected chi connectivity index (χ0v) is 21.9. The van der Waals surface area contributed by atoms with Crippen molar-refractivity contribution in [3.63, 3.8) is 0 Å². The first-order valence-corrected chi connectivity index (χ1v) is 15.9. The van der Waals surface area contributed by atoms with E-state index in [1.54, 1.807) is 0 Å². The van der Waals surface area contributed by atoms with Crippen molar-refractivity contribution in [3.05, 3.63) is 0 Å². The predicted molar refractivity (Wildman–Crippen MR) is 133 cm³/mol. The molecule has 0 unspecified atom stereocenters. The lowest BCUT2D eigenvalue weighted by Gasteiger charge is -2.28. The lowest BCUT2D eigenvalue weighted by Crippen LogP contribution is -2.79. The highest BCUT2D eigenvalue weighted by molar-refractivity contribution is 8.51. The van der Waals surface area contributed by atoms with Crippen LogP contribution >= 0.6 is 5.69 Å². The molecule has 0 aromatic carbocycles. The van der Waals surface area contributed by atoms with Gasteiger partial charge in [0.15, 0.2) is 0 Å². The largest absolute Gasteiger partial charge is 0.691 e. The van der Waals surface area contributed by atoms with E-state index >= 15 is 0 Å². The summed E-state index contributed by atoms with van der Waals surface area (Å²) in [4.78, 5) is 0. The van der Waals surface area contributed by atoms with E-state index in [1.165, 1.54) is 103 Å². The highest BCUT2D eigenvalue weighted by atomic mass is 32.9. The molecule has 7 heteroatoms. The van der Waals surface area contributed by atoms with Crippen LogP contribution in [-0.2, 0) is 33.1 Å². The third-order valence-corrected chi connectivity index (χ3v) is 7.54. The van der Waals surface area contributed by atoms with Crippen LogP contribution in [0.5, 0.6) is 0 Å². The Morgan fingerprint density at radius 2 is 0.828 bits per heavy atom. The van der Waals surface area contributed by atoms with Gasteiger partial charge in [-0.25, -0.2) is 0 Å². The normalized spacial score (nSPS) is 12.0. The Kier molecular flexibility index (Phi) is 24.2. The molecule has 0 bridgehead atoms. The van der Waals surface area contributed by atoms with Crippen LogP contribution in [0, 0.1) is 0 Å². The average molecular weight is 470 g/mol. The number of unbranched alkanes of at least 4 members (excludes halogenated alkanes) is 14. The highest BCUT2D eigenvalue weighted by Gasteiger charge is 2.02. The van der Waals surface area contributed by atoms with E-state index < -0.39 is 5.69 Å². The first-order chi connectivity index (χ1) is 14.1. The summed E-state index contributed by atoms with van der Waals surface area (Å²) in [5, 5.41) is 4.53. The van der Waals surface area contributed by atoms with Crippen molar-refractivity contribution in [1.29, 1.82) is 0 Å². The molecule has 4 nitrogen and oxygen atoms in total. The van der Waals surface area contributed by atoms with Crippen LogP contribution in [0.25, 0.3) is 0 Å². The molecule has 0 aromatic heterocycles. The van der Waals surface area contributed by atoms with Gasteiger partial charge in [0.2, 0.25) is 0 Å². The Bertz CT molecular complexity index is 347. The summed E-state index contributed by atoms with van der Waals surface area (Å²) in [7, 11) is 4.29. The molecule has 0 aliphatic carbocycles. The van der Waals surface area contributed by atoms with E-state index in [0.29, 0.717) is 13.2 Å². The fourth-order valence-electron chi connectivity index (χ4n) is 3.41. The maximum absolute atomic E-state index is 5.71. The van der Waals surface area contributed by atoms with Crippen molar-refractivity contribution in [2.24, 2.45) is 0 Å². The van der Waals surface area contributed by atoms with Crippen LogP contribution in [-0.4, -0.2) is 40.4 Å². The van der Waals surface area contributed by atoms with Gasteiger partial charge in [-0.15, -0.1) is 0 Å². The molecule has 4 N–H and O–H groups in total. The third-order valence-electron chi connectivity index (χ3n) is 5.27. The van der Waals surface area contributed by atoms with E-state index in [-0.39, 0.29) is 0 Å². The molecule has 0 fully saturated rings. The van der Waals surface area contributed by atoms with Crippen LogP contribution in [0.2, 0.25) is 0 Å². The number of hydrogen-bond acceptors (Lipinski definition) is 4. The number of quaternary nitrogens is 2. The van der Waals surface area contributed by atoms with Gasteiger partial charge in [-0.2, -0.15) is 0 Å². The third kappa shape index (κ3) is 25.0. The molecule has 0 spiro atoms. The maximum atomic E-state index is 5.71. The summed E-state index contributed by atoms with van der Waals surface area (Å²) in [5.41, 5.74) is -2.44. The fourth-order valence-corrected chi connectivity index (χ4v) is 5.09. The lowest BCUT2D eigenvalue weighted by atomic mass is 10.1. The van der Waals surface area contributed by atoms with Crippen molar-refractivity contribution in [1.82, 2.24) is 0 Å². The Labute approximate surface area is 192 Å². The molecule has 0 amide bonds. The molecule has 0 heterocycles. The van der Waals surface area contributed by atoms with Crippen LogP contribution in [0.3, 0.4) is 0 Å². The second-order valence-electron chi connectivity index (χ2n) is 8.16. The van der Waals surface area contributed by atoms with E-state index in [2.05, 4.69) is 24.7 Å². The minimum absolute atomic E-state index is 0.670. The molecule has 29 heavy (non-hydrogen) atoms. The van der Waals surface area contributed by atoms with Crippen molar-refractivity contribution in [2.45, 2.75) is 103 Å². The van der Waals surface area contributed by atoms with Gasteiger partial charge >= 0.3 is 0 Å². The van der Waals surface area contributed by atoms with Crippen LogP contribution in [0.15, 0.2) is 0 Å².